The van der Waals surface area contributed by atoms with Crippen LogP contribution in [0.25, 0.3) is 11.0 Å². The third-order valence-corrected chi connectivity index (χ3v) is 2.26. The van der Waals surface area contributed by atoms with Gasteiger partial charge in [0, 0.05) is 17.5 Å². The zero-order valence-electron chi connectivity index (χ0n) is 9.84. The van der Waals surface area contributed by atoms with Crippen molar-refractivity contribution >= 4 is 11.0 Å². The Balaban J connectivity index is 2.28. The predicted octanol–water partition coefficient (Wildman–Crippen LogP) is 3.34. The second-order valence-corrected chi connectivity index (χ2v) is 4.14. The summed E-state index contributed by atoms with van der Waals surface area (Å²) in [5, 5.41) is 0.879. The Morgan fingerprint density at radius 2 is 2.00 bits per heavy atom. The molecule has 0 unspecified atom stereocenters. The molecule has 1 aromatic carbocycles. The van der Waals surface area contributed by atoms with Crippen molar-refractivity contribution in [2.24, 2.45) is 5.92 Å². The molecule has 0 atom stereocenters. The van der Waals surface area contributed by atoms with Gasteiger partial charge >= 0.3 is 5.63 Å². The van der Waals surface area contributed by atoms with Crippen LogP contribution in [0.3, 0.4) is 0 Å². The molecule has 0 N–H and O–H groups in total. The summed E-state index contributed by atoms with van der Waals surface area (Å²) >= 11 is 0. The largest absolute Gasteiger partial charge is 0.465 e. The summed E-state index contributed by atoms with van der Waals surface area (Å²) in [6.07, 6.45) is 3.60. The molecule has 2 aromatic rings. The van der Waals surface area contributed by atoms with Gasteiger partial charge in [-0.2, -0.15) is 0 Å². The summed E-state index contributed by atoms with van der Waals surface area (Å²) in [7, 11) is 0. The van der Waals surface area contributed by atoms with Crippen molar-refractivity contribution in [3.8, 4) is 5.75 Å². The quantitative estimate of drug-likeness (QED) is 0.599. The topological polar surface area (TPSA) is 39.4 Å². The van der Waals surface area contributed by atoms with Gasteiger partial charge in [-0.1, -0.05) is 13.8 Å². The molecule has 0 amide bonds. The van der Waals surface area contributed by atoms with Crippen LogP contribution in [-0.2, 0) is 0 Å². The molecule has 3 nitrogen and oxygen atoms in total. The maximum Gasteiger partial charge on any atom is 0.336 e. The molecule has 88 valence electrons. The van der Waals surface area contributed by atoms with Crippen LogP contribution in [0.15, 0.2) is 51.9 Å². The summed E-state index contributed by atoms with van der Waals surface area (Å²) in [6, 6.07) is 8.54. The highest BCUT2D eigenvalue weighted by molar-refractivity contribution is 5.77. The first kappa shape index (κ1) is 11.5. The number of benzene rings is 1. The Morgan fingerprint density at radius 3 is 2.76 bits per heavy atom. The van der Waals surface area contributed by atoms with E-state index in [1.54, 1.807) is 18.4 Å². The average molecular weight is 230 g/mol. The van der Waals surface area contributed by atoms with Gasteiger partial charge in [-0.25, -0.2) is 4.79 Å². The molecule has 0 saturated heterocycles. The fourth-order valence-electron chi connectivity index (χ4n) is 1.39. The number of rotatable bonds is 3. The minimum atomic E-state index is -0.354. The monoisotopic (exact) mass is 230 g/mol. The Morgan fingerprint density at radius 1 is 1.24 bits per heavy atom. The van der Waals surface area contributed by atoms with Gasteiger partial charge in [0.2, 0.25) is 0 Å². The van der Waals surface area contributed by atoms with Crippen molar-refractivity contribution in [1.82, 2.24) is 0 Å². The van der Waals surface area contributed by atoms with Crippen LogP contribution >= 0.6 is 0 Å². The average Bonchev–Trinajstić information content (AvgIpc) is 2.28. The van der Waals surface area contributed by atoms with Gasteiger partial charge in [0.25, 0.3) is 0 Å². The van der Waals surface area contributed by atoms with E-state index in [9.17, 15) is 4.79 Å². The minimum Gasteiger partial charge on any atom is -0.465 e. The third-order valence-electron chi connectivity index (χ3n) is 2.26. The maximum atomic E-state index is 11.1. The van der Waals surface area contributed by atoms with Crippen LogP contribution in [-0.4, -0.2) is 0 Å². The second kappa shape index (κ2) is 4.87. The molecule has 0 spiro atoms. The molecule has 17 heavy (non-hydrogen) atoms. The molecule has 0 radical (unpaired) electrons. The molecule has 0 aliphatic rings. The first-order valence-electron chi connectivity index (χ1n) is 5.52. The van der Waals surface area contributed by atoms with E-state index in [1.165, 1.54) is 6.07 Å². The smallest absolute Gasteiger partial charge is 0.336 e. The summed E-state index contributed by atoms with van der Waals surface area (Å²) in [5.74, 6) is 1.09. The summed E-state index contributed by atoms with van der Waals surface area (Å²) < 4.78 is 10.5. The molecule has 0 bridgehead atoms. The van der Waals surface area contributed by atoms with Crippen LogP contribution in [0.4, 0.5) is 0 Å². The van der Waals surface area contributed by atoms with E-state index >= 15 is 0 Å². The van der Waals surface area contributed by atoms with Gasteiger partial charge in [-0.3, -0.25) is 0 Å². The van der Waals surface area contributed by atoms with Crippen molar-refractivity contribution in [2.45, 2.75) is 13.8 Å². The molecular formula is C14H14O3. The maximum absolute atomic E-state index is 11.1. The van der Waals surface area contributed by atoms with Crippen molar-refractivity contribution in [3.63, 3.8) is 0 Å². The summed E-state index contributed by atoms with van der Waals surface area (Å²) in [4.78, 5) is 11.1. The van der Waals surface area contributed by atoms with Crippen molar-refractivity contribution in [2.75, 3.05) is 0 Å². The van der Waals surface area contributed by atoms with Crippen molar-refractivity contribution in [1.29, 1.82) is 0 Å². The highest BCUT2D eigenvalue weighted by Gasteiger charge is 1.99. The Kier molecular flexibility index (Phi) is 3.28. The Labute approximate surface area is 99.3 Å². The fourth-order valence-corrected chi connectivity index (χ4v) is 1.39. The third kappa shape index (κ3) is 2.97. The predicted molar refractivity (Wildman–Crippen MR) is 67.1 cm³/mol. The lowest BCUT2D eigenvalue weighted by Crippen LogP contribution is -1.94. The van der Waals surface area contributed by atoms with E-state index in [-0.39, 0.29) is 5.63 Å². The summed E-state index contributed by atoms with van der Waals surface area (Å²) in [5.41, 5.74) is 0.181. The Hall–Kier alpha value is -2.03. The first-order valence-corrected chi connectivity index (χ1v) is 5.52. The van der Waals surface area contributed by atoms with E-state index in [2.05, 4.69) is 13.8 Å². The van der Waals surface area contributed by atoms with E-state index < -0.39 is 0 Å². The highest BCUT2D eigenvalue weighted by Crippen LogP contribution is 2.19. The fraction of sp³-hybridized carbons (Fsp3) is 0.214. The highest BCUT2D eigenvalue weighted by atomic mass is 16.5. The van der Waals surface area contributed by atoms with Gasteiger partial charge < -0.3 is 9.15 Å². The standard InChI is InChI=1S/C14H14O3/c1-10(2)7-8-16-12-5-3-11-4-6-14(15)17-13(11)9-12/h3-10H,1-2H3. The van der Waals surface area contributed by atoms with E-state index in [0.717, 1.165) is 5.39 Å². The molecule has 3 heteroatoms. The summed E-state index contributed by atoms with van der Waals surface area (Å²) in [6.45, 7) is 4.14. The van der Waals surface area contributed by atoms with Crippen LogP contribution < -0.4 is 10.4 Å². The van der Waals surface area contributed by atoms with Crippen LogP contribution in [0.5, 0.6) is 5.75 Å². The first-order chi connectivity index (χ1) is 8.15. The van der Waals surface area contributed by atoms with E-state index in [0.29, 0.717) is 17.3 Å². The Bertz CT molecular complexity index is 594. The lowest BCUT2D eigenvalue weighted by molar-refractivity contribution is 0.473. The molecular weight excluding hydrogens is 216 g/mol. The molecule has 0 saturated carbocycles. The van der Waals surface area contributed by atoms with Gasteiger partial charge in [0.05, 0.1) is 6.26 Å². The van der Waals surface area contributed by atoms with Gasteiger partial charge in [0.15, 0.2) is 0 Å². The van der Waals surface area contributed by atoms with E-state index in [4.69, 9.17) is 9.15 Å². The number of fused-ring (bicyclic) bond motifs is 1. The lowest BCUT2D eigenvalue weighted by Gasteiger charge is -2.02. The van der Waals surface area contributed by atoms with Crippen molar-refractivity contribution < 1.29 is 9.15 Å². The number of ether oxygens (including phenoxy) is 1. The van der Waals surface area contributed by atoms with Crippen LogP contribution in [0.2, 0.25) is 0 Å². The number of hydrogen-bond donors (Lipinski definition) is 0. The minimum absolute atomic E-state index is 0.354. The molecule has 0 fully saturated rings. The molecule has 0 aliphatic carbocycles. The molecule has 1 heterocycles. The SMILES string of the molecule is CC(C)C=COc1ccc2ccc(=O)oc2c1. The van der Waals surface area contributed by atoms with Gasteiger partial charge in [-0.15, -0.1) is 0 Å². The molecule has 0 aliphatic heterocycles. The van der Waals surface area contributed by atoms with Gasteiger partial charge in [0.1, 0.15) is 11.3 Å². The number of hydrogen-bond acceptors (Lipinski definition) is 3. The van der Waals surface area contributed by atoms with Crippen LogP contribution in [0.1, 0.15) is 13.8 Å². The van der Waals surface area contributed by atoms with Gasteiger partial charge in [-0.05, 0) is 30.2 Å². The van der Waals surface area contributed by atoms with Crippen LogP contribution in [0, 0.1) is 5.92 Å². The molecule has 2 rings (SSSR count). The van der Waals surface area contributed by atoms with E-state index in [1.807, 2.05) is 18.2 Å². The van der Waals surface area contributed by atoms with Crippen molar-refractivity contribution in [3.05, 3.63) is 53.1 Å². The molecule has 1 aromatic heterocycles. The normalized spacial score (nSPS) is 11.5. The lowest BCUT2D eigenvalue weighted by atomic mass is 10.2. The zero-order valence-corrected chi connectivity index (χ0v) is 9.84. The number of allylic oxidation sites excluding steroid dienone is 1. The zero-order chi connectivity index (χ0) is 12.3. The second-order valence-electron chi connectivity index (χ2n) is 4.14.